The maximum atomic E-state index is 13.8. The van der Waals surface area contributed by atoms with Crippen LogP contribution in [0.5, 0.6) is 0 Å². The lowest BCUT2D eigenvalue weighted by Gasteiger charge is -2.16. The number of alkyl halides is 1. The number of benzene rings is 2. The highest BCUT2D eigenvalue weighted by atomic mass is 79.9. The van der Waals surface area contributed by atoms with E-state index in [1.165, 1.54) is 6.07 Å². The maximum absolute atomic E-state index is 13.8. The Hall–Kier alpha value is -0.570. The van der Waals surface area contributed by atoms with Crippen molar-refractivity contribution < 1.29 is 4.39 Å². The predicted molar refractivity (Wildman–Crippen MR) is 87.7 cm³/mol. The molecule has 2 aromatic rings. The highest BCUT2D eigenvalue weighted by Gasteiger charge is 2.16. The second kappa shape index (κ2) is 6.46. The summed E-state index contributed by atoms with van der Waals surface area (Å²) in [7, 11) is 0. The van der Waals surface area contributed by atoms with Gasteiger partial charge in [0.05, 0.1) is 0 Å². The third-order valence-electron chi connectivity index (χ3n) is 3.33. The van der Waals surface area contributed by atoms with Crippen molar-refractivity contribution >= 4 is 39.1 Å². The molecule has 1 atom stereocenters. The van der Waals surface area contributed by atoms with Crippen LogP contribution >= 0.6 is 39.1 Å². The summed E-state index contributed by atoms with van der Waals surface area (Å²) in [5.41, 5.74) is 3.72. The summed E-state index contributed by atoms with van der Waals surface area (Å²) in [4.78, 5) is -0.00660. The largest absolute Gasteiger partial charge is 0.207 e. The lowest BCUT2D eigenvalue weighted by molar-refractivity contribution is 0.608. The first-order chi connectivity index (χ1) is 9.40. The zero-order valence-corrected chi connectivity index (χ0v) is 14.3. The second-order valence-corrected chi connectivity index (χ2v) is 6.75. The normalized spacial score (nSPS) is 12.5. The fraction of sp³-hybridized carbons (Fsp3) is 0.250. The van der Waals surface area contributed by atoms with E-state index >= 15 is 0 Å². The summed E-state index contributed by atoms with van der Waals surface area (Å²) < 4.78 is 13.8. The molecule has 2 rings (SSSR count). The van der Waals surface area contributed by atoms with E-state index < -0.39 is 0 Å². The summed E-state index contributed by atoms with van der Waals surface area (Å²) in [5, 5.41) is 1.20. The first-order valence-corrected chi connectivity index (χ1v) is 7.91. The van der Waals surface area contributed by atoms with E-state index in [4.69, 9.17) is 23.2 Å². The molecule has 0 aliphatic carbocycles. The molecule has 0 aliphatic heterocycles. The molecule has 1 unspecified atom stereocenters. The molecule has 0 spiro atoms. The van der Waals surface area contributed by atoms with Crippen LogP contribution in [0.25, 0.3) is 0 Å². The molecule has 0 radical (unpaired) electrons. The van der Waals surface area contributed by atoms with Gasteiger partial charge in [-0.3, -0.25) is 0 Å². The van der Waals surface area contributed by atoms with Crippen LogP contribution in [0.15, 0.2) is 30.3 Å². The summed E-state index contributed by atoms with van der Waals surface area (Å²) in [6, 6.07) is 8.72. The van der Waals surface area contributed by atoms with Gasteiger partial charge < -0.3 is 0 Å². The molecule has 2 aromatic carbocycles. The number of hydrogen-bond donors (Lipinski definition) is 0. The first-order valence-electron chi connectivity index (χ1n) is 6.23. The average molecular weight is 376 g/mol. The molecule has 4 heteroatoms. The van der Waals surface area contributed by atoms with E-state index in [0.29, 0.717) is 17.0 Å². The van der Waals surface area contributed by atoms with E-state index in [-0.39, 0.29) is 10.6 Å². The lowest BCUT2D eigenvalue weighted by atomic mass is 9.98. The SMILES string of the molecule is Cc1cc(C(Br)Cc2c(F)cccc2Cl)c(C)cc1Cl. The van der Waals surface area contributed by atoms with Crippen molar-refractivity contribution in [3.8, 4) is 0 Å². The molecule has 106 valence electrons. The molecule has 0 amide bonds. The highest BCUT2D eigenvalue weighted by molar-refractivity contribution is 9.09. The molecule has 0 fully saturated rings. The Labute approximate surface area is 137 Å². The van der Waals surface area contributed by atoms with Gasteiger partial charge in [0.15, 0.2) is 0 Å². The van der Waals surface area contributed by atoms with Gasteiger partial charge in [-0.2, -0.15) is 0 Å². The molecule has 0 saturated heterocycles. The van der Waals surface area contributed by atoms with Gasteiger partial charge in [0, 0.05) is 20.4 Å². The van der Waals surface area contributed by atoms with E-state index in [0.717, 1.165) is 21.7 Å². The maximum Gasteiger partial charge on any atom is 0.127 e. The molecule has 0 bridgehead atoms. The minimum absolute atomic E-state index is 0.00660. The fourth-order valence-electron chi connectivity index (χ4n) is 2.16. The number of hydrogen-bond acceptors (Lipinski definition) is 0. The third-order valence-corrected chi connectivity index (χ3v) is 4.91. The quantitative estimate of drug-likeness (QED) is 0.542. The summed E-state index contributed by atoms with van der Waals surface area (Å²) in [5.74, 6) is -0.273. The Kier molecular flexibility index (Phi) is 5.11. The standard InChI is InChI=1S/C16H14BrCl2F/c1-9-7-15(19)10(2)6-11(9)13(17)8-12-14(18)4-3-5-16(12)20/h3-7,13H,8H2,1-2H3. The smallest absolute Gasteiger partial charge is 0.127 e. The molecule has 0 N–H and O–H groups in total. The summed E-state index contributed by atoms with van der Waals surface area (Å²) >= 11 is 15.8. The van der Waals surface area contributed by atoms with Gasteiger partial charge in [-0.05, 0) is 55.2 Å². The average Bonchev–Trinajstić information content (AvgIpc) is 2.38. The van der Waals surface area contributed by atoms with Crippen LogP contribution in [0.3, 0.4) is 0 Å². The topological polar surface area (TPSA) is 0 Å². The van der Waals surface area contributed by atoms with Crippen molar-refractivity contribution in [3.63, 3.8) is 0 Å². The molecule has 0 nitrogen and oxygen atoms in total. The van der Waals surface area contributed by atoms with Crippen LogP contribution in [0.4, 0.5) is 4.39 Å². The minimum Gasteiger partial charge on any atom is -0.207 e. The molecular formula is C16H14BrCl2F. The third kappa shape index (κ3) is 3.36. The Morgan fingerprint density at radius 2 is 1.80 bits per heavy atom. The van der Waals surface area contributed by atoms with Crippen molar-refractivity contribution in [1.82, 2.24) is 0 Å². The van der Waals surface area contributed by atoms with Crippen molar-refractivity contribution in [2.75, 3.05) is 0 Å². The van der Waals surface area contributed by atoms with Crippen LogP contribution in [0.2, 0.25) is 10.0 Å². The molecule has 20 heavy (non-hydrogen) atoms. The van der Waals surface area contributed by atoms with Crippen LogP contribution < -0.4 is 0 Å². The molecule has 0 saturated carbocycles. The van der Waals surface area contributed by atoms with Gasteiger partial charge in [-0.1, -0.05) is 51.3 Å². The fourth-order valence-corrected chi connectivity index (χ4v) is 3.43. The summed E-state index contributed by atoms with van der Waals surface area (Å²) in [6.45, 7) is 3.96. The van der Waals surface area contributed by atoms with Gasteiger partial charge in [-0.25, -0.2) is 4.39 Å². The van der Waals surface area contributed by atoms with E-state index in [1.54, 1.807) is 12.1 Å². The lowest BCUT2D eigenvalue weighted by Crippen LogP contribution is -2.01. The van der Waals surface area contributed by atoms with Crippen molar-refractivity contribution in [3.05, 3.63) is 68.4 Å². The zero-order chi connectivity index (χ0) is 14.9. The van der Waals surface area contributed by atoms with Crippen LogP contribution in [0.1, 0.15) is 27.1 Å². The van der Waals surface area contributed by atoms with Crippen molar-refractivity contribution in [1.29, 1.82) is 0 Å². The predicted octanol–water partition coefficient (Wildman–Crippen LogP) is 6.43. The molecule has 0 aromatic heterocycles. The zero-order valence-electron chi connectivity index (χ0n) is 11.2. The van der Waals surface area contributed by atoms with Crippen molar-refractivity contribution in [2.24, 2.45) is 0 Å². The summed E-state index contributed by atoms with van der Waals surface area (Å²) in [6.07, 6.45) is 0.493. The van der Waals surface area contributed by atoms with Gasteiger partial charge in [0.25, 0.3) is 0 Å². The van der Waals surface area contributed by atoms with Gasteiger partial charge in [0.2, 0.25) is 0 Å². The second-order valence-electron chi connectivity index (χ2n) is 4.83. The molecule has 0 heterocycles. The van der Waals surface area contributed by atoms with Crippen LogP contribution in [-0.2, 0) is 6.42 Å². The Morgan fingerprint density at radius 3 is 2.45 bits per heavy atom. The molecule has 0 aliphatic rings. The van der Waals surface area contributed by atoms with Gasteiger partial charge >= 0.3 is 0 Å². The number of rotatable bonds is 3. The van der Waals surface area contributed by atoms with Crippen LogP contribution in [0, 0.1) is 19.7 Å². The highest BCUT2D eigenvalue weighted by Crippen LogP contribution is 2.34. The monoisotopic (exact) mass is 374 g/mol. The van der Waals surface area contributed by atoms with E-state index in [9.17, 15) is 4.39 Å². The van der Waals surface area contributed by atoms with E-state index in [2.05, 4.69) is 15.9 Å². The van der Waals surface area contributed by atoms with E-state index in [1.807, 2.05) is 26.0 Å². The Bertz CT molecular complexity index is 620. The van der Waals surface area contributed by atoms with Crippen molar-refractivity contribution in [2.45, 2.75) is 25.1 Å². The Morgan fingerprint density at radius 1 is 1.10 bits per heavy atom. The number of aryl methyl sites for hydroxylation is 2. The molecular weight excluding hydrogens is 362 g/mol. The Balaban J connectivity index is 2.33. The van der Waals surface area contributed by atoms with Gasteiger partial charge in [0.1, 0.15) is 5.82 Å². The first kappa shape index (κ1) is 15.8. The minimum atomic E-state index is -0.273. The van der Waals surface area contributed by atoms with Crippen LogP contribution in [-0.4, -0.2) is 0 Å². The van der Waals surface area contributed by atoms with Gasteiger partial charge in [-0.15, -0.1) is 0 Å². The number of halogens is 4.